The molecule has 0 bridgehead atoms. The van der Waals surface area contributed by atoms with E-state index in [9.17, 15) is 25.2 Å². The number of aliphatic hydroxyl groups excluding tert-OH is 4. The number of carbonyl (C=O) groups excluding carboxylic acids is 1. The number of hydrogen-bond donors (Lipinski definition) is 4. The van der Waals surface area contributed by atoms with Gasteiger partial charge in [-0.15, -0.1) is 0 Å². The number of rotatable bonds is 5. The quantitative estimate of drug-likeness (QED) is 0.400. The molecule has 1 fully saturated rings. The lowest BCUT2D eigenvalue weighted by atomic mass is 9.99. The summed E-state index contributed by atoms with van der Waals surface area (Å²) in [5, 5.41) is 44.8. The molecule has 0 amide bonds. The van der Waals surface area contributed by atoms with Crippen molar-refractivity contribution < 1.29 is 34.7 Å². The monoisotopic (exact) mass is 482 g/mol. The van der Waals surface area contributed by atoms with Crippen molar-refractivity contribution in [2.45, 2.75) is 37.3 Å². The normalized spacial score (nSPS) is 25.8. The van der Waals surface area contributed by atoms with Gasteiger partial charge >= 0.3 is 5.97 Å². The molecule has 170 valence electrons. The summed E-state index contributed by atoms with van der Waals surface area (Å²) in [4.78, 5) is 12.8. The number of ether oxygens (including phenoxy) is 2. The molecular weight excluding hydrogens is 463 g/mol. The average molecular weight is 483 g/mol. The Morgan fingerprint density at radius 2 is 1.72 bits per heavy atom. The molecular formula is C21H20Cl2N2O7. The summed E-state index contributed by atoms with van der Waals surface area (Å²) in [6.07, 6.45) is -7.82. The molecule has 0 spiro atoms. The molecule has 4 rings (SSSR count). The van der Waals surface area contributed by atoms with Crippen LogP contribution in [0.2, 0.25) is 10.0 Å². The van der Waals surface area contributed by atoms with Crippen LogP contribution >= 0.6 is 23.2 Å². The van der Waals surface area contributed by atoms with Gasteiger partial charge in [-0.3, -0.25) is 4.68 Å². The van der Waals surface area contributed by atoms with Crippen LogP contribution in [0.3, 0.4) is 0 Å². The van der Waals surface area contributed by atoms with Crippen LogP contribution in [0, 0.1) is 0 Å². The van der Waals surface area contributed by atoms with Crippen LogP contribution in [0.5, 0.6) is 0 Å². The summed E-state index contributed by atoms with van der Waals surface area (Å²) in [6, 6.07) is 12.2. The van der Waals surface area contributed by atoms with Crippen molar-refractivity contribution in [3.05, 3.63) is 63.8 Å². The van der Waals surface area contributed by atoms with E-state index in [1.54, 1.807) is 47.1 Å². The van der Waals surface area contributed by atoms with E-state index in [1.807, 2.05) is 0 Å². The molecule has 0 radical (unpaired) electrons. The SMILES string of the molecule is O=C(OC[C@H]1OC(O)[C@H](O)[C@@H](O)[C@H]1O)c1nn(Cc2cc(Cl)cc(Cl)c2)c2ccccc12. The fraction of sp³-hybridized carbons (Fsp3) is 0.333. The van der Waals surface area contributed by atoms with Gasteiger partial charge in [-0.05, 0) is 29.8 Å². The number of fused-ring (bicyclic) bond motifs is 1. The van der Waals surface area contributed by atoms with Crippen LogP contribution in [-0.2, 0) is 16.0 Å². The predicted octanol–water partition coefficient (Wildman–Crippen LogP) is 1.35. The Morgan fingerprint density at radius 1 is 1.03 bits per heavy atom. The van der Waals surface area contributed by atoms with Crippen LogP contribution in [-0.4, -0.2) is 73.5 Å². The second kappa shape index (κ2) is 9.32. The van der Waals surface area contributed by atoms with Crippen molar-refractivity contribution in [3.8, 4) is 0 Å². The molecule has 1 unspecified atom stereocenters. The lowest BCUT2D eigenvalue weighted by molar-refractivity contribution is -0.286. The lowest BCUT2D eigenvalue weighted by Gasteiger charge is -2.37. The summed E-state index contributed by atoms with van der Waals surface area (Å²) in [5.74, 6) is -0.782. The topological polar surface area (TPSA) is 134 Å². The van der Waals surface area contributed by atoms with Gasteiger partial charge in [0, 0.05) is 15.4 Å². The highest BCUT2D eigenvalue weighted by Gasteiger charge is 2.43. The summed E-state index contributed by atoms with van der Waals surface area (Å²) in [5.41, 5.74) is 1.51. The third kappa shape index (κ3) is 4.60. The predicted molar refractivity (Wildman–Crippen MR) is 114 cm³/mol. The van der Waals surface area contributed by atoms with Gasteiger partial charge in [0.05, 0.1) is 12.1 Å². The van der Waals surface area contributed by atoms with Gasteiger partial charge in [0.15, 0.2) is 12.0 Å². The standard InChI is InChI=1S/C21H20Cl2N2O7/c22-11-5-10(6-12(23)7-11)8-25-14-4-2-1-3-13(14)16(24-25)20(29)31-9-15-17(26)18(27)19(28)21(30)32-15/h1-7,15,17-19,21,26-28,30H,8-9H2/t15-,17+,18+,19-,21?/m1/s1. The Balaban J connectivity index is 1.54. The van der Waals surface area contributed by atoms with Gasteiger partial charge in [0.1, 0.15) is 31.0 Å². The molecule has 1 saturated heterocycles. The minimum absolute atomic E-state index is 0.0418. The summed E-state index contributed by atoms with van der Waals surface area (Å²) >= 11 is 12.1. The highest BCUT2D eigenvalue weighted by molar-refractivity contribution is 6.34. The number of halogens is 2. The molecule has 1 aromatic heterocycles. The zero-order valence-corrected chi connectivity index (χ0v) is 18.0. The smallest absolute Gasteiger partial charge is 0.359 e. The number of nitrogens with zero attached hydrogens (tertiary/aromatic N) is 2. The van der Waals surface area contributed by atoms with E-state index in [2.05, 4.69) is 5.10 Å². The maximum absolute atomic E-state index is 12.8. The molecule has 2 heterocycles. The minimum atomic E-state index is -1.72. The van der Waals surface area contributed by atoms with E-state index >= 15 is 0 Å². The fourth-order valence-corrected chi connectivity index (χ4v) is 4.14. The molecule has 2 aromatic carbocycles. The Labute approximate surface area is 192 Å². The second-order valence-corrected chi connectivity index (χ2v) is 8.31. The number of carbonyl (C=O) groups is 1. The van der Waals surface area contributed by atoms with Crippen molar-refractivity contribution in [2.75, 3.05) is 6.61 Å². The van der Waals surface area contributed by atoms with E-state index in [1.165, 1.54) is 0 Å². The van der Waals surface area contributed by atoms with Crippen molar-refractivity contribution in [2.24, 2.45) is 0 Å². The van der Waals surface area contributed by atoms with Gasteiger partial charge < -0.3 is 29.9 Å². The molecule has 32 heavy (non-hydrogen) atoms. The van der Waals surface area contributed by atoms with Gasteiger partial charge in [0.2, 0.25) is 0 Å². The second-order valence-electron chi connectivity index (χ2n) is 7.44. The molecule has 11 heteroatoms. The number of esters is 1. The highest BCUT2D eigenvalue weighted by Crippen LogP contribution is 2.24. The zero-order chi connectivity index (χ0) is 23.0. The van der Waals surface area contributed by atoms with E-state index in [-0.39, 0.29) is 5.69 Å². The number of benzene rings is 2. The van der Waals surface area contributed by atoms with Gasteiger partial charge in [-0.25, -0.2) is 4.79 Å². The third-order valence-corrected chi connectivity index (χ3v) is 5.61. The minimum Gasteiger partial charge on any atom is -0.458 e. The van der Waals surface area contributed by atoms with Gasteiger partial charge in [-0.2, -0.15) is 5.10 Å². The summed E-state index contributed by atoms with van der Waals surface area (Å²) in [6.45, 7) is -0.166. The van der Waals surface area contributed by atoms with E-state index in [0.29, 0.717) is 27.5 Å². The fourth-order valence-electron chi connectivity index (χ4n) is 3.57. The van der Waals surface area contributed by atoms with Crippen LogP contribution < -0.4 is 0 Å². The third-order valence-electron chi connectivity index (χ3n) is 5.17. The largest absolute Gasteiger partial charge is 0.458 e. The van der Waals surface area contributed by atoms with Crippen LogP contribution in [0.25, 0.3) is 10.9 Å². The maximum atomic E-state index is 12.8. The molecule has 5 atom stereocenters. The molecule has 3 aromatic rings. The van der Waals surface area contributed by atoms with Crippen LogP contribution in [0.1, 0.15) is 16.1 Å². The Hall–Kier alpha value is -2.24. The summed E-state index contributed by atoms with van der Waals surface area (Å²) in [7, 11) is 0. The van der Waals surface area contributed by atoms with E-state index < -0.39 is 43.3 Å². The zero-order valence-electron chi connectivity index (χ0n) is 16.5. The van der Waals surface area contributed by atoms with Crippen LogP contribution in [0.4, 0.5) is 0 Å². The average Bonchev–Trinajstić information content (AvgIpc) is 3.11. The van der Waals surface area contributed by atoms with E-state index in [4.69, 9.17) is 32.7 Å². The van der Waals surface area contributed by atoms with Crippen molar-refractivity contribution >= 4 is 40.1 Å². The molecule has 4 N–H and O–H groups in total. The summed E-state index contributed by atoms with van der Waals surface area (Å²) < 4.78 is 11.9. The number of hydrogen-bond acceptors (Lipinski definition) is 8. The Morgan fingerprint density at radius 3 is 2.44 bits per heavy atom. The Bertz CT molecular complexity index is 1120. The molecule has 0 saturated carbocycles. The Kier molecular flexibility index (Phi) is 6.68. The first-order valence-corrected chi connectivity index (χ1v) is 10.5. The first-order chi connectivity index (χ1) is 15.2. The van der Waals surface area contributed by atoms with E-state index in [0.717, 1.165) is 5.56 Å². The van der Waals surface area contributed by atoms with Gasteiger partial charge in [0.25, 0.3) is 0 Å². The molecule has 0 aliphatic carbocycles. The first-order valence-electron chi connectivity index (χ1n) is 9.70. The van der Waals surface area contributed by atoms with Gasteiger partial charge in [-0.1, -0.05) is 41.4 Å². The van der Waals surface area contributed by atoms with Crippen LogP contribution in [0.15, 0.2) is 42.5 Å². The molecule has 1 aliphatic rings. The van der Waals surface area contributed by atoms with Crippen molar-refractivity contribution in [1.29, 1.82) is 0 Å². The maximum Gasteiger partial charge on any atom is 0.359 e. The van der Waals surface area contributed by atoms with Crippen molar-refractivity contribution in [1.82, 2.24) is 9.78 Å². The molecule has 9 nitrogen and oxygen atoms in total. The number of para-hydroxylation sites is 1. The molecule has 1 aliphatic heterocycles. The lowest BCUT2D eigenvalue weighted by Crippen LogP contribution is -2.58. The number of aromatic nitrogens is 2. The first kappa shape index (κ1) is 22.9. The highest BCUT2D eigenvalue weighted by atomic mass is 35.5. The number of aliphatic hydroxyl groups is 4. The van der Waals surface area contributed by atoms with Crippen molar-refractivity contribution in [3.63, 3.8) is 0 Å².